The normalized spacial score (nSPS) is 20.8. The highest BCUT2D eigenvalue weighted by molar-refractivity contribution is 6.28. The predicted molar refractivity (Wildman–Crippen MR) is 72.4 cm³/mol. The van der Waals surface area contributed by atoms with Crippen molar-refractivity contribution in [2.45, 2.75) is 6.10 Å². The van der Waals surface area contributed by atoms with E-state index < -0.39 is 0 Å². The summed E-state index contributed by atoms with van der Waals surface area (Å²) in [7, 11) is 2.09. The van der Waals surface area contributed by atoms with Gasteiger partial charge in [-0.2, -0.15) is 15.1 Å². The Morgan fingerprint density at radius 2 is 2.47 bits per heavy atom. The Labute approximate surface area is 115 Å². The van der Waals surface area contributed by atoms with Gasteiger partial charge in [0.2, 0.25) is 5.28 Å². The number of aromatic nitrogens is 4. The van der Waals surface area contributed by atoms with Crippen molar-refractivity contribution in [1.29, 1.82) is 0 Å². The summed E-state index contributed by atoms with van der Waals surface area (Å²) in [6, 6.07) is 0. The minimum atomic E-state index is 0.148. The molecule has 2 aromatic heterocycles. The molecule has 19 heavy (non-hydrogen) atoms. The fraction of sp³-hybridized carbons (Fsp3) is 0.545. The van der Waals surface area contributed by atoms with Crippen molar-refractivity contribution in [1.82, 2.24) is 25.1 Å². The standard InChI is InChI=1S/C11H15ClN6O/c1-18-2-3-19-7(6-18)4-13-9-8-5-14-17-10(8)16-11(12)15-9/h5,7H,2-4,6H2,1H3,(H2,13,14,15,16,17). The van der Waals surface area contributed by atoms with Gasteiger partial charge in [-0.3, -0.25) is 5.10 Å². The van der Waals surface area contributed by atoms with Crippen LogP contribution in [0.4, 0.5) is 5.82 Å². The molecule has 0 bridgehead atoms. The highest BCUT2D eigenvalue weighted by Crippen LogP contribution is 2.20. The molecule has 0 radical (unpaired) electrons. The fourth-order valence-corrected chi connectivity index (χ4v) is 2.31. The molecule has 1 unspecified atom stereocenters. The van der Waals surface area contributed by atoms with E-state index in [-0.39, 0.29) is 11.4 Å². The number of nitrogens with zero attached hydrogens (tertiary/aromatic N) is 4. The highest BCUT2D eigenvalue weighted by atomic mass is 35.5. The molecular formula is C11H15ClN6O. The van der Waals surface area contributed by atoms with Crippen molar-refractivity contribution in [3.8, 4) is 0 Å². The number of H-pyrrole nitrogens is 1. The van der Waals surface area contributed by atoms with E-state index >= 15 is 0 Å². The predicted octanol–water partition coefficient (Wildman–Crippen LogP) is 0.749. The van der Waals surface area contributed by atoms with E-state index in [9.17, 15) is 0 Å². The van der Waals surface area contributed by atoms with Gasteiger partial charge in [0, 0.05) is 19.6 Å². The second kappa shape index (κ2) is 5.28. The number of hydrogen-bond donors (Lipinski definition) is 2. The maximum absolute atomic E-state index is 5.88. The molecule has 3 heterocycles. The van der Waals surface area contributed by atoms with Crippen LogP contribution in [0.3, 0.4) is 0 Å². The summed E-state index contributed by atoms with van der Waals surface area (Å²) in [5.41, 5.74) is 0.629. The zero-order valence-corrected chi connectivity index (χ0v) is 11.3. The van der Waals surface area contributed by atoms with Gasteiger partial charge in [0.05, 0.1) is 24.3 Å². The first-order valence-corrected chi connectivity index (χ1v) is 6.51. The quantitative estimate of drug-likeness (QED) is 0.809. The van der Waals surface area contributed by atoms with E-state index in [0.29, 0.717) is 18.0 Å². The number of halogens is 1. The molecule has 1 aliphatic heterocycles. The molecule has 102 valence electrons. The molecule has 0 saturated carbocycles. The number of ether oxygens (including phenoxy) is 1. The zero-order valence-electron chi connectivity index (χ0n) is 10.6. The lowest BCUT2D eigenvalue weighted by atomic mass is 10.3. The minimum absolute atomic E-state index is 0.148. The first-order valence-electron chi connectivity index (χ1n) is 6.13. The Kier molecular flexibility index (Phi) is 3.50. The van der Waals surface area contributed by atoms with Crippen LogP contribution in [0.15, 0.2) is 6.20 Å². The van der Waals surface area contributed by atoms with Crippen LogP contribution in [-0.4, -0.2) is 64.5 Å². The molecule has 3 rings (SSSR count). The number of rotatable bonds is 3. The second-order valence-corrected chi connectivity index (χ2v) is 4.95. The molecule has 2 N–H and O–H groups in total. The molecule has 2 aromatic rings. The summed E-state index contributed by atoms with van der Waals surface area (Å²) in [4.78, 5) is 10.5. The SMILES string of the molecule is CN1CCOC(CNc2nc(Cl)nc3[nH]ncc23)C1. The Balaban J connectivity index is 1.72. The van der Waals surface area contributed by atoms with Crippen molar-refractivity contribution >= 4 is 28.5 Å². The molecule has 1 aliphatic rings. The van der Waals surface area contributed by atoms with Crippen molar-refractivity contribution in [2.75, 3.05) is 38.6 Å². The number of anilines is 1. The Hall–Kier alpha value is -1.44. The summed E-state index contributed by atoms with van der Waals surface area (Å²) in [6.45, 7) is 3.31. The third-order valence-electron chi connectivity index (χ3n) is 3.12. The van der Waals surface area contributed by atoms with E-state index in [0.717, 1.165) is 25.1 Å². The Morgan fingerprint density at radius 1 is 1.58 bits per heavy atom. The largest absolute Gasteiger partial charge is 0.374 e. The molecular weight excluding hydrogens is 268 g/mol. The lowest BCUT2D eigenvalue weighted by Gasteiger charge is -2.30. The third kappa shape index (κ3) is 2.78. The minimum Gasteiger partial charge on any atom is -0.374 e. The molecule has 7 nitrogen and oxygen atoms in total. The van der Waals surface area contributed by atoms with Crippen molar-refractivity contribution < 1.29 is 4.74 Å². The summed E-state index contributed by atoms with van der Waals surface area (Å²) in [5, 5.41) is 11.0. The van der Waals surface area contributed by atoms with E-state index in [1.807, 2.05) is 0 Å². The van der Waals surface area contributed by atoms with Crippen LogP contribution in [-0.2, 0) is 4.74 Å². The van der Waals surface area contributed by atoms with Gasteiger partial charge in [-0.15, -0.1) is 0 Å². The molecule has 1 saturated heterocycles. The van der Waals surface area contributed by atoms with Crippen LogP contribution in [0.2, 0.25) is 5.28 Å². The number of morpholine rings is 1. The van der Waals surface area contributed by atoms with E-state index in [4.69, 9.17) is 16.3 Å². The van der Waals surface area contributed by atoms with Crippen LogP contribution < -0.4 is 5.32 Å². The molecule has 1 atom stereocenters. The average Bonchev–Trinajstić information content (AvgIpc) is 2.84. The van der Waals surface area contributed by atoms with Gasteiger partial charge < -0.3 is 15.0 Å². The first kappa shape index (κ1) is 12.6. The maximum Gasteiger partial charge on any atom is 0.226 e. The molecule has 0 aliphatic carbocycles. The molecule has 1 fully saturated rings. The Morgan fingerprint density at radius 3 is 3.32 bits per heavy atom. The Bertz CT molecular complexity index is 573. The lowest BCUT2D eigenvalue weighted by Crippen LogP contribution is -2.43. The van der Waals surface area contributed by atoms with Crippen LogP contribution in [0.5, 0.6) is 0 Å². The third-order valence-corrected chi connectivity index (χ3v) is 3.29. The number of hydrogen-bond acceptors (Lipinski definition) is 6. The van der Waals surface area contributed by atoms with E-state index in [1.54, 1.807) is 6.20 Å². The summed E-state index contributed by atoms with van der Waals surface area (Å²) < 4.78 is 5.69. The monoisotopic (exact) mass is 282 g/mol. The van der Waals surface area contributed by atoms with Gasteiger partial charge >= 0.3 is 0 Å². The van der Waals surface area contributed by atoms with Crippen molar-refractivity contribution in [2.24, 2.45) is 0 Å². The van der Waals surface area contributed by atoms with E-state index in [2.05, 4.69) is 37.4 Å². The summed E-state index contributed by atoms with van der Waals surface area (Å²) in [5.74, 6) is 0.681. The molecule has 8 heteroatoms. The smallest absolute Gasteiger partial charge is 0.226 e. The van der Waals surface area contributed by atoms with Gasteiger partial charge in [-0.05, 0) is 18.6 Å². The summed E-state index contributed by atoms with van der Waals surface area (Å²) in [6.07, 6.45) is 1.83. The number of aromatic amines is 1. The number of fused-ring (bicyclic) bond motifs is 1. The second-order valence-electron chi connectivity index (χ2n) is 4.61. The van der Waals surface area contributed by atoms with E-state index in [1.165, 1.54) is 0 Å². The number of likely N-dealkylation sites (N-methyl/N-ethyl adjacent to an activating group) is 1. The summed E-state index contributed by atoms with van der Waals surface area (Å²) >= 11 is 5.88. The maximum atomic E-state index is 5.88. The van der Waals surface area contributed by atoms with Crippen LogP contribution >= 0.6 is 11.6 Å². The lowest BCUT2D eigenvalue weighted by molar-refractivity contribution is -0.0117. The van der Waals surface area contributed by atoms with Crippen molar-refractivity contribution in [3.63, 3.8) is 0 Å². The van der Waals surface area contributed by atoms with Gasteiger partial charge in [0.15, 0.2) is 5.65 Å². The first-order chi connectivity index (χ1) is 9.22. The van der Waals surface area contributed by atoms with Crippen LogP contribution in [0, 0.1) is 0 Å². The number of nitrogens with one attached hydrogen (secondary N) is 2. The van der Waals surface area contributed by atoms with Gasteiger partial charge in [-0.25, -0.2) is 0 Å². The highest BCUT2D eigenvalue weighted by Gasteiger charge is 2.18. The van der Waals surface area contributed by atoms with Crippen molar-refractivity contribution in [3.05, 3.63) is 11.5 Å². The molecule has 0 spiro atoms. The van der Waals surface area contributed by atoms with Crippen LogP contribution in [0.25, 0.3) is 11.0 Å². The van der Waals surface area contributed by atoms with Gasteiger partial charge in [-0.1, -0.05) is 0 Å². The van der Waals surface area contributed by atoms with Gasteiger partial charge in [0.1, 0.15) is 5.82 Å². The molecule has 0 amide bonds. The van der Waals surface area contributed by atoms with Gasteiger partial charge in [0.25, 0.3) is 0 Å². The average molecular weight is 283 g/mol. The van der Waals surface area contributed by atoms with Crippen LogP contribution in [0.1, 0.15) is 0 Å². The fourth-order valence-electron chi connectivity index (χ4n) is 2.14. The molecule has 0 aromatic carbocycles. The topological polar surface area (TPSA) is 79.0 Å². The zero-order chi connectivity index (χ0) is 13.2.